The quantitative estimate of drug-likeness (QED) is 0.918. The van der Waals surface area contributed by atoms with Crippen molar-refractivity contribution in [2.45, 2.75) is 13.0 Å². The molecule has 0 radical (unpaired) electrons. The Balaban J connectivity index is 2.33. The monoisotopic (exact) mass is 291 g/mol. The van der Waals surface area contributed by atoms with Gasteiger partial charge in [-0.1, -0.05) is 23.7 Å². The fraction of sp³-hybridized carbons (Fsp3) is 0.250. The second kappa shape index (κ2) is 6.16. The molecule has 0 aliphatic rings. The fourth-order valence-electron chi connectivity index (χ4n) is 2.03. The number of hydrogen-bond donors (Lipinski definition) is 1. The number of benzene rings is 2. The average Bonchev–Trinajstić information content (AvgIpc) is 2.46. The summed E-state index contributed by atoms with van der Waals surface area (Å²) in [6, 6.07) is 13.4. The molecule has 1 N–H and O–H groups in total. The van der Waals surface area contributed by atoms with E-state index in [0.29, 0.717) is 5.02 Å². The number of aliphatic hydroxyl groups excluding tert-OH is 1. The average molecular weight is 292 g/mol. The predicted octanol–water partition coefficient (Wildman–Crippen LogP) is 4.17. The summed E-state index contributed by atoms with van der Waals surface area (Å²) in [7, 11) is 3.61. The van der Waals surface area contributed by atoms with Crippen molar-refractivity contribution in [2.75, 3.05) is 19.1 Å². The second-order valence-corrected chi connectivity index (χ2v) is 5.05. The zero-order valence-corrected chi connectivity index (χ0v) is 12.6. The van der Waals surface area contributed by atoms with Crippen molar-refractivity contribution < 1.29 is 9.84 Å². The Morgan fingerprint density at radius 3 is 2.45 bits per heavy atom. The van der Waals surface area contributed by atoms with Crippen molar-refractivity contribution in [3.05, 3.63) is 53.1 Å². The number of nitrogens with zero attached hydrogens (tertiary/aromatic N) is 1. The van der Waals surface area contributed by atoms with Gasteiger partial charge in [-0.15, -0.1) is 0 Å². The molecular weight excluding hydrogens is 274 g/mol. The molecule has 3 nitrogen and oxygen atoms in total. The first-order chi connectivity index (χ1) is 9.52. The van der Waals surface area contributed by atoms with E-state index in [-0.39, 0.29) is 0 Å². The number of rotatable bonds is 4. The number of aliphatic hydroxyl groups is 1. The summed E-state index contributed by atoms with van der Waals surface area (Å²) in [5, 5.41) is 10.2. The Kier molecular flexibility index (Phi) is 4.53. The number of methoxy groups -OCH3 is 1. The number of ether oxygens (including phenoxy) is 1. The molecule has 4 heteroatoms. The first-order valence-corrected chi connectivity index (χ1v) is 6.76. The first-order valence-electron chi connectivity index (χ1n) is 6.38. The first kappa shape index (κ1) is 14.7. The Morgan fingerprint density at radius 2 is 1.85 bits per heavy atom. The third-order valence-corrected chi connectivity index (χ3v) is 3.59. The lowest BCUT2D eigenvalue weighted by molar-refractivity contribution is 0.199. The van der Waals surface area contributed by atoms with Gasteiger partial charge >= 0.3 is 0 Å². The highest BCUT2D eigenvalue weighted by molar-refractivity contribution is 6.31. The molecule has 0 aromatic heterocycles. The van der Waals surface area contributed by atoms with Crippen LogP contribution in [0.25, 0.3) is 0 Å². The topological polar surface area (TPSA) is 32.7 Å². The van der Waals surface area contributed by atoms with Crippen LogP contribution < -0.4 is 9.64 Å². The van der Waals surface area contributed by atoms with Gasteiger partial charge in [0, 0.05) is 29.5 Å². The fourth-order valence-corrected chi connectivity index (χ4v) is 2.36. The third kappa shape index (κ3) is 3.06. The van der Waals surface area contributed by atoms with Crippen molar-refractivity contribution in [3.8, 4) is 5.75 Å². The summed E-state index contributed by atoms with van der Waals surface area (Å²) < 4.78 is 5.23. The maximum atomic E-state index is 9.60. The van der Waals surface area contributed by atoms with Gasteiger partial charge in [0.2, 0.25) is 0 Å². The minimum absolute atomic E-state index is 0.562. The van der Waals surface area contributed by atoms with Gasteiger partial charge in [0.1, 0.15) is 5.75 Å². The van der Waals surface area contributed by atoms with Crippen LogP contribution in [0.5, 0.6) is 5.75 Å². The van der Waals surface area contributed by atoms with Crippen LogP contribution in [-0.4, -0.2) is 19.3 Å². The Hall–Kier alpha value is -1.71. The maximum Gasteiger partial charge on any atom is 0.120 e. The van der Waals surface area contributed by atoms with Gasteiger partial charge < -0.3 is 14.7 Å². The van der Waals surface area contributed by atoms with Crippen LogP contribution in [0.2, 0.25) is 5.02 Å². The van der Waals surface area contributed by atoms with Gasteiger partial charge in [0.25, 0.3) is 0 Å². The van der Waals surface area contributed by atoms with Crippen molar-refractivity contribution in [3.63, 3.8) is 0 Å². The zero-order chi connectivity index (χ0) is 14.7. The molecule has 0 spiro atoms. The maximum absolute atomic E-state index is 9.60. The van der Waals surface area contributed by atoms with E-state index in [1.54, 1.807) is 14.0 Å². The van der Waals surface area contributed by atoms with Gasteiger partial charge in [0.05, 0.1) is 13.2 Å². The van der Waals surface area contributed by atoms with E-state index in [1.165, 1.54) is 0 Å². The molecule has 0 aliphatic heterocycles. The molecule has 0 saturated carbocycles. The Bertz CT molecular complexity index is 599. The molecule has 20 heavy (non-hydrogen) atoms. The highest BCUT2D eigenvalue weighted by atomic mass is 35.5. The van der Waals surface area contributed by atoms with Crippen LogP contribution in [0.15, 0.2) is 42.5 Å². The lowest BCUT2D eigenvalue weighted by Crippen LogP contribution is -2.09. The van der Waals surface area contributed by atoms with Crippen molar-refractivity contribution in [1.29, 1.82) is 0 Å². The van der Waals surface area contributed by atoms with E-state index in [1.807, 2.05) is 54.4 Å². The number of halogens is 1. The van der Waals surface area contributed by atoms with Crippen LogP contribution in [-0.2, 0) is 0 Å². The lowest BCUT2D eigenvalue weighted by atomic mass is 10.1. The number of anilines is 2. The molecule has 0 saturated heterocycles. The summed E-state index contributed by atoms with van der Waals surface area (Å²) in [5.74, 6) is 0.807. The predicted molar refractivity (Wildman–Crippen MR) is 83.1 cm³/mol. The largest absolute Gasteiger partial charge is 0.497 e. The molecule has 0 fully saturated rings. The van der Waals surface area contributed by atoms with Crippen LogP contribution in [0.4, 0.5) is 11.4 Å². The Labute approximate surface area is 124 Å². The number of hydrogen-bond acceptors (Lipinski definition) is 3. The SMILES string of the molecule is COc1cccc(N(C)c2ccc(C(C)O)c(Cl)c2)c1. The molecule has 0 bridgehead atoms. The minimum Gasteiger partial charge on any atom is -0.497 e. The smallest absolute Gasteiger partial charge is 0.120 e. The van der Waals surface area contributed by atoms with Crippen LogP contribution in [0.1, 0.15) is 18.6 Å². The van der Waals surface area contributed by atoms with E-state index in [9.17, 15) is 5.11 Å². The highest BCUT2D eigenvalue weighted by Gasteiger charge is 2.10. The molecule has 2 rings (SSSR count). The molecule has 0 aliphatic carbocycles. The summed E-state index contributed by atoms with van der Waals surface area (Å²) in [6.07, 6.45) is -0.571. The van der Waals surface area contributed by atoms with Gasteiger partial charge in [-0.25, -0.2) is 0 Å². The third-order valence-electron chi connectivity index (χ3n) is 3.26. The van der Waals surface area contributed by atoms with E-state index < -0.39 is 6.10 Å². The second-order valence-electron chi connectivity index (χ2n) is 4.64. The van der Waals surface area contributed by atoms with E-state index >= 15 is 0 Å². The highest BCUT2D eigenvalue weighted by Crippen LogP contribution is 2.31. The van der Waals surface area contributed by atoms with Gasteiger partial charge in [0.15, 0.2) is 0 Å². The summed E-state index contributed by atoms with van der Waals surface area (Å²) in [6.45, 7) is 1.70. The van der Waals surface area contributed by atoms with Crippen LogP contribution in [0, 0.1) is 0 Å². The standard InChI is InChI=1S/C16H18ClNO2/c1-11(19)15-8-7-13(10-16(15)17)18(2)12-5-4-6-14(9-12)20-3/h4-11,19H,1-3H3. The van der Waals surface area contributed by atoms with Crippen molar-refractivity contribution in [2.24, 2.45) is 0 Å². The molecule has 1 atom stereocenters. The van der Waals surface area contributed by atoms with Crippen molar-refractivity contribution >= 4 is 23.0 Å². The summed E-state index contributed by atoms with van der Waals surface area (Å²) >= 11 is 6.20. The normalized spacial score (nSPS) is 12.1. The molecule has 0 heterocycles. The molecule has 106 valence electrons. The van der Waals surface area contributed by atoms with Gasteiger partial charge in [-0.05, 0) is 36.8 Å². The van der Waals surface area contributed by atoms with E-state index in [0.717, 1.165) is 22.7 Å². The van der Waals surface area contributed by atoms with Gasteiger partial charge in [-0.3, -0.25) is 0 Å². The van der Waals surface area contributed by atoms with Crippen molar-refractivity contribution in [1.82, 2.24) is 0 Å². The summed E-state index contributed by atoms with van der Waals surface area (Å²) in [5.41, 5.74) is 2.69. The lowest BCUT2D eigenvalue weighted by Gasteiger charge is -2.21. The molecule has 0 amide bonds. The van der Waals surface area contributed by atoms with E-state index in [4.69, 9.17) is 16.3 Å². The molecule has 1 unspecified atom stereocenters. The van der Waals surface area contributed by atoms with Crippen LogP contribution in [0.3, 0.4) is 0 Å². The molecule has 2 aromatic carbocycles. The molecular formula is C16H18ClNO2. The minimum atomic E-state index is -0.571. The Morgan fingerprint density at radius 1 is 1.15 bits per heavy atom. The summed E-state index contributed by atoms with van der Waals surface area (Å²) in [4.78, 5) is 2.01. The molecule has 2 aromatic rings. The van der Waals surface area contributed by atoms with Crippen LogP contribution >= 0.6 is 11.6 Å². The van der Waals surface area contributed by atoms with Gasteiger partial charge in [-0.2, -0.15) is 0 Å². The zero-order valence-electron chi connectivity index (χ0n) is 11.8. The van der Waals surface area contributed by atoms with E-state index in [2.05, 4.69) is 0 Å².